The van der Waals surface area contributed by atoms with Crippen LogP contribution in [-0.4, -0.2) is 32.9 Å². The quantitative estimate of drug-likeness (QED) is 0.754. The highest BCUT2D eigenvalue weighted by Crippen LogP contribution is 2.24. The maximum atomic E-state index is 9.26. The number of rotatable bonds is 5. The van der Waals surface area contributed by atoms with E-state index in [1.807, 2.05) is 43.3 Å². The Kier molecular flexibility index (Phi) is 4.34. The van der Waals surface area contributed by atoms with Crippen molar-refractivity contribution in [2.75, 3.05) is 11.9 Å². The van der Waals surface area contributed by atoms with E-state index in [0.29, 0.717) is 24.1 Å². The van der Waals surface area contributed by atoms with Gasteiger partial charge >= 0.3 is 0 Å². The van der Waals surface area contributed by atoms with Gasteiger partial charge in [0.15, 0.2) is 0 Å². The standard InChI is InChI=1S/C17H18N4O2/c1-11-5-3-4-6-14(11)16-20-17(23-21-16)13-7-8-15(19-10-13)18-9-12(2)22/h3-8,10,12,22H,9H2,1-2H3,(H,18,19)/t12-/m1/s1. The molecule has 0 aliphatic carbocycles. The lowest BCUT2D eigenvalue weighted by Gasteiger charge is -2.07. The van der Waals surface area contributed by atoms with Crippen molar-refractivity contribution >= 4 is 5.82 Å². The lowest BCUT2D eigenvalue weighted by Crippen LogP contribution is -2.15. The van der Waals surface area contributed by atoms with E-state index in [-0.39, 0.29) is 0 Å². The van der Waals surface area contributed by atoms with Crippen molar-refractivity contribution in [3.63, 3.8) is 0 Å². The van der Waals surface area contributed by atoms with E-state index in [1.54, 1.807) is 13.1 Å². The molecule has 0 bridgehead atoms. The van der Waals surface area contributed by atoms with Crippen molar-refractivity contribution in [2.45, 2.75) is 20.0 Å². The highest BCUT2D eigenvalue weighted by Gasteiger charge is 2.12. The number of aliphatic hydroxyl groups excluding tert-OH is 1. The monoisotopic (exact) mass is 310 g/mol. The summed E-state index contributed by atoms with van der Waals surface area (Å²) >= 11 is 0. The average molecular weight is 310 g/mol. The zero-order valence-corrected chi connectivity index (χ0v) is 13.0. The van der Waals surface area contributed by atoms with Gasteiger partial charge in [-0.05, 0) is 31.5 Å². The molecule has 23 heavy (non-hydrogen) atoms. The predicted octanol–water partition coefficient (Wildman–Crippen LogP) is 2.90. The fraction of sp³-hybridized carbons (Fsp3) is 0.235. The molecule has 1 aromatic carbocycles. The predicted molar refractivity (Wildman–Crippen MR) is 87.9 cm³/mol. The lowest BCUT2D eigenvalue weighted by molar-refractivity contribution is 0.208. The number of nitrogens with zero attached hydrogens (tertiary/aromatic N) is 3. The molecule has 1 atom stereocenters. The van der Waals surface area contributed by atoms with Crippen LogP contribution in [0.15, 0.2) is 47.1 Å². The van der Waals surface area contributed by atoms with Crippen LogP contribution in [0.4, 0.5) is 5.82 Å². The molecule has 0 aliphatic rings. The third-order valence-corrected chi connectivity index (χ3v) is 3.40. The summed E-state index contributed by atoms with van der Waals surface area (Å²) in [4.78, 5) is 8.71. The Hall–Kier alpha value is -2.73. The molecular weight excluding hydrogens is 292 g/mol. The van der Waals surface area contributed by atoms with Gasteiger partial charge in [0.2, 0.25) is 5.82 Å². The molecule has 0 unspecified atom stereocenters. The summed E-state index contributed by atoms with van der Waals surface area (Å²) in [6.07, 6.45) is 1.24. The van der Waals surface area contributed by atoms with E-state index >= 15 is 0 Å². The summed E-state index contributed by atoms with van der Waals surface area (Å²) in [5.74, 6) is 1.68. The zero-order valence-electron chi connectivity index (χ0n) is 13.0. The van der Waals surface area contributed by atoms with Crippen LogP contribution in [0.2, 0.25) is 0 Å². The number of hydrogen-bond donors (Lipinski definition) is 2. The molecule has 0 saturated heterocycles. The number of pyridine rings is 1. The second-order valence-corrected chi connectivity index (χ2v) is 5.40. The molecule has 0 saturated carbocycles. The van der Waals surface area contributed by atoms with Crippen LogP contribution in [0.25, 0.3) is 22.8 Å². The number of anilines is 1. The fourth-order valence-electron chi connectivity index (χ4n) is 2.15. The maximum absolute atomic E-state index is 9.26. The number of aromatic nitrogens is 3. The number of benzene rings is 1. The van der Waals surface area contributed by atoms with Gasteiger partial charge in [-0.3, -0.25) is 0 Å². The van der Waals surface area contributed by atoms with E-state index in [9.17, 15) is 5.11 Å². The van der Waals surface area contributed by atoms with Crippen LogP contribution >= 0.6 is 0 Å². The Labute approximate surface area is 134 Å². The summed E-state index contributed by atoms with van der Waals surface area (Å²) in [6.45, 7) is 4.17. The molecule has 2 aromatic heterocycles. The number of aliphatic hydroxyl groups is 1. The van der Waals surface area contributed by atoms with Crippen molar-refractivity contribution in [2.24, 2.45) is 0 Å². The maximum Gasteiger partial charge on any atom is 0.259 e. The largest absolute Gasteiger partial charge is 0.392 e. The molecule has 6 nitrogen and oxygen atoms in total. The van der Waals surface area contributed by atoms with Gasteiger partial charge in [-0.2, -0.15) is 4.98 Å². The third-order valence-electron chi connectivity index (χ3n) is 3.40. The minimum atomic E-state index is -0.427. The Morgan fingerprint density at radius 1 is 1.22 bits per heavy atom. The molecule has 3 rings (SSSR count). The van der Waals surface area contributed by atoms with Crippen molar-refractivity contribution in [1.82, 2.24) is 15.1 Å². The number of nitrogens with one attached hydrogen (secondary N) is 1. The van der Waals surface area contributed by atoms with Gasteiger partial charge in [-0.1, -0.05) is 29.4 Å². The third kappa shape index (κ3) is 3.54. The Balaban J connectivity index is 1.79. The molecule has 2 N–H and O–H groups in total. The molecular formula is C17H18N4O2. The zero-order chi connectivity index (χ0) is 16.2. The fourth-order valence-corrected chi connectivity index (χ4v) is 2.15. The molecule has 0 radical (unpaired) electrons. The van der Waals surface area contributed by atoms with E-state index in [0.717, 1.165) is 16.7 Å². The molecule has 3 aromatic rings. The van der Waals surface area contributed by atoms with Crippen molar-refractivity contribution in [1.29, 1.82) is 0 Å². The highest BCUT2D eigenvalue weighted by molar-refractivity contribution is 5.62. The molecule has 2 heterocycles. The summed E-state index contributed by atoms with van der Waals surface area (Å²) in [5, 5.41) is 16.3. The lowest BCUT2D eigenvalue weighted by atomic mass is 10.1. The Morgan fingerprint density at radius 3 is 2.74 bits per heavy atom. The first-order valence-corrected chi connectivity index (χ1v) is 7.41. The van der Waals surface area contributed by atoms with Crippen molar-refractivity contribution < 1.29 is 9.63 Å². The van der Waals surface area contributed by atoms with Gasteiger partial charge in [0, 0.05) is 18.3 Å². The second kappa shape index (κ2) is 6.58. The van der Waals surface area contributed by atoms with Gasteiger partial charge < -0.3 is 14.9 Å². The van der Waals surface area contributed by atoms with E-state index in [4.69, 9.17) is 4.52 Å². The highest BCUT2D eigenvalue weighted by atomic mass is 16.5. The molecule has 0 spiro atoms. The molecule has 0 aliphatic heterocycles. The normalized spacial score (nSPS) is 12.1. The van der Waals surface area contributed by atoms with E-state index < -0.39 is 6.10 Å². The minimum Gasteiger partial charge on any atom is -0.392 e. The molecule has 118 valence electrons. The summed E-state index contributed by atoms with van der Waals surface area (Å²) in [6, 6.07) is 11.6. The van der Waals surface area contributed by atoms with Crippen LogP contribution < -0.4 is 5.32 Å². The van der Waals surface area contributed by atoms with Gasteiger partial charge in [0.05, 0.1) is 11.7 Å². The van der Waals surface area contributed by atoms with Crippen LogP contribution in [-0.2, 0) is 0 Å². The summed E-state index contributed by atoms with van der Waals surface area (Å²) < 4.78 is 5.34. The van der Waals surface area contributed by atoms with Crippen LogP contribution in [0.5, 0.6) is 0 Å². The first kappa shape index (κ1) is 15.2. The average Bonchev–Trinajstić information content (AvgIpc) is 3.03. The SMILES string of the molecule is Cc1ccccc1-c1noc(-c2ccc(NC[C@@H](C)O)nc2)n1. The summed E-state index contributed by atoms with van der Waals surface area (Å²) in [7, 11) is 0. The Bertz CT molecular complexity index is 781. The Morgan fingerprint density at radius 2 is 2.04 bits per heavy atom. The summed E-state index contributed by atoms with van der Waals surface area (Å²) in [5.41, 5.74) is 2.79. The molecule has 0 fully saturated rings. The number of aryl methyl sites for hydroxylation is 1. The first-order valence-electron chi connectivity index (χ1n) is 7.41. The van der Waals surface area contributed by atoms with Crippen LogP contribution in [0.1, 0.15) is 12.5 Å². The van der Waals surface area contributed by atoms with Gasteiger partial charge in [-0.25, -0.2) is 4.98 Å². The number of hydrogen-bond acceptors (Lipinski definition) is 6. The van der Waals surface area contributed by atoms with Gasteiger partial charge in [0.25, 0.3) is 5.89 Å². The van der Waals surface area contributed by atoms with Crippen molar-refractivity contribution in [3.8, 4) is 22.8 Å². The molecule has 6 heteroatoms. The first-order chi connectivity index (χ1) is 11.1. The molecule has 0 amide bonds. The van der Waals surface area contributed by atoms with Crippen LogP contribution in [0.3, 0.4) is 0 Å². The second-order valence-electron chi connectivity index (χ2n) is 5.40. The van der Waals surface area contributed by atoms with Gasteiger partial charge in [-0.15, -0.1) is 0 Å². The van der Waals surface area contributed by atoms with E-state index in [2.05, 4.69) is 20.4 Å². The topological polar surface area (TPSA) is 84.1 Å². The van der Waals surface area contributed by atoms with Crippen molar-refractivity contribution in [3.05, 3.63) is 48.2 Å². The van der Waals surface area contributed by atoms with Crippen LogP contribution in [0, 0.1) is 6.92 Å². The smallest absolute Gasteiger partial charge is 0.259 e. The minimum absolute atomic E-state index is 0.427. The van der Waals surface area contributed by atoms with Gasteiger partial charge in [0.1, 0.15) is 5.82 Å². The van der Waals surface area contributed by atoms with E-state index in [1.165, 1.54) is 0 Å².